The Morgan fingerprint density at radius 2 is 2.43 bits per heavy atom. The molecule has 0 saturated carbocycles. The summed E-state index contributed by atoms with van der Waals surface area (Å²) >= 11 is 0. The van der Waals surface area contributed by atoms with E-state index in [1.165, 1.54) is 6.26 Å². The number of hydrogen-bond acceptors (Lipinski definition) is 1. The molecular formula is C5H9NO. The molecule has 0 aromatic rings. The summed E-state index contributed by atoms with van der Waals surface area (Å²) in [6.45, 7) is 2.06. The lowest BCUT2D eigenvalue weighted by Crippen LogP contribution is -1.68. The molecular weight excluding hydrogens is 90.1 g/mol. The number of unbranched alkanes of at least 4 members (excludes halogenated alkanes) is 1. The average molecular weight is 99.1 g/mol. The van der Waals surface area contributed by atoms with E-state index in [-0.39, 0.29) is 0 Å². The lowest BCUT2D eigenvalue weighted by molar-refractivity contribution is 0.235. The van der Waals surface area contributed by atoms with Crippen LogP contribution in [0.15, 0.2) is 12.3 Å². The van der Waals surface area contributed by atoms with Crippen LogP contribution in [-0.4, -0.2) is 0 Å². The predicted octanol–water partition coefficient (Wildman–Crippen LogP) is 1.30. The zero-order valence-corrected chi connectivity index (χ0v) is 4.42. The van der Waals surface area contributed by atoms with Gasteiger partial charge in [-0.1, -0.05) is 13.3 Å². The van der Waals surface area contributed by atoms with Gasteiger partial charge < -0.3 is 4.84 Å². The van der Waals surface area contributed by atoms with E-state index < -0.39 is 0 Å². The molecule has 0 heterocycles. The highest BCUT2D eigenvalue weighted by atomic mass is 16.6. The Hall–Kier alpha value is -0.500. The Bertz CT molecular complexity index is 52.0. The van der Waals surface area contributed by atoms with Gasteiger partial charge in [0.2, 0.25) is 0 Å². The molecule has 2 nitrogen and oxygen atoms in total. The normalized spacial score (nSPS) is 10.0. The average Bonchev–Trinajstić information content (AvgIpc) is 1.69. The van der Waals surface area contributed by atoms with Gasteiger partial charge in [0.25, 0.3) is 0 Å². The van der Waals surface area contributed by atoms with Crippen molar-refractivity contribution >= 4 is 0 Å². The van der Waals surface area contributed by atoms with Crippen molar-refractivity contribution in [2.75, 3.05) is 0 Å². The summed E-state index contributed by atoms with van der Waals surface area (Å²) in [5.41, 5.74) is 0. The summed E-state index contributed by atoms with van der Waals surface area (Å²) in [4.78, 5) is 3.66. The largest absolute Gasteiger partial charge is 0.376 e. The standard InChI is InChI=1S/C5H9NO/c1-2-3-4-5-7-6/h4-5H,2-3H2,1H3/b5-4+. The van der Waals surface area contributed by atoms with Crippen LogP contribution in [0.2, 0.25) is 0 Å². The minimum absolute atomic E-state index is 0.959. The van der Waals surface area contributed by atoms with Gasteiger partial charge in [0.15, 0.2) is 0 Å². The number of rotatable bonds is 3. The summed E-state index contributed by atoms with van der Waals surface area (Å²) in [7, 11) is 0. The van der Waals surface area contributed by atoms with Gasteiger partial charge in [-0.05, 0) is 12.5 Å². The minimum atomic E-state index is 0.959. The van der Waals surface area contributed by atoms with Crippen LogP contribution in [0.5, 0.6) is 0 Å². The van der Waals surface area contributed by atoms with Crippen LogP contribution in [0, 0.1) is 0 Å². The topological polar surface area (TPSA) is 31.5 Å². The van der Waals surface area contributed by atoms with E-state index >= 15 is 0 Å². The fourth-order valence-electron chi connectivity index (χ4n) is 0.278. The van der Waals surface area contributed by atoms with Crippen LogP contribution in [0.4, 0.5) is 0 Å². The van der Waals surface area contributed by atoms with E-state index in [0.717, 1.165) is 12.8 Å². The van der Waals surface area contributed by atoms with Crippen molar-refractivity contribution in [1.82, 2.24) is 5.90 Å². The Balaban J connectivity index is 2.78. The van der Waals surface area contributed by atoms with Crippen molar-refractivity contribution < 1.29 is 4.84 Å². The van der Waals surface area contributed by atoms with Gasteiger partial charge in [-0.25, -0.2) is 0 Å². The molecule has 0 N–H and O–H groups in total. The van der Waals surface area contributed by atoms with Crippen molar-refractivity contribution in [3.05, 3.63) is 12.3 Å². The molecule has 0 aliphatic heterocycles. The predicted molar refractivity (Wildman–Crippen MR) is 27.3 cm³/mol. The lowest BCUT2D eigenvalue weighted by atomic mass is 10.3. The summed E-state index contributed by atoms with van der Waals surface area (Å²) in [6.07, 6.45) is 5.07. The van der Waals surface area contributed by atoms with Crippen LogP contribution >= 0.6 is 0 Å². The zero-order valence-electron chi connectivity index (χ0n) is 4.42. The first-order valence-electron chi connectivity index (χ1n) is 2.37. The molecule has 7 heavy (non-hydrogen) atoms. The van der Waals surface area contributed by atoms with Crippen molar-refractivity contribution in [1.29, 1.82) is 0 Å². The van der Waals surface area contributed by atoms with Crippen LogP contribution < -0.4 is 5.90 Å². The summed E-state index contributed by atoms with van der Waals surface area (Å²) < 4.78 is 0. The van der Waals surface area contributed by atoms with Gasteiger partial charge in [0.1, 0.15) is 12.2 Å². The third kappa shape index (κ3) is 5.50. The molecule has 0 aromatic carbocycles. The van der Waals surface area contributed by atoms with Crippen molar-refractivity contribution in [2.24, 2.45) is 0 Å². The van der Waals surface area contributed by atoms with Crippen molar-refractivity contribution in [2.45, 2.75) is 19.8 Å². The highest BCUT2D eigenvalue weighted by Crippen LogP contribution is 1.86. The van der Waals surface area contributed by atoms with Crippen molar-refractivity contribution in [3.63, 3.8) is 0 Å². The molecule has 0 saturated heterocycles. The van der Waals surface area contributed by atoms with Crippen LogP contribution in [-0.2, 0) is 4.84 Å². The molecule has 0 fully saturated rings. The van der Waals surface area contributed by atoms with E-state index in [1.807, 2.05) is 0 Å². The fourth-order valence-corrected chi connectivity index (χ4v) is 0.278. The van der Waals surface area contributed by atoms with E-state index in [2.05, 4.69) is 11.8 Å². The lowest BCUT2D eigenvalue weighted by Gasteiger charge is -1.79. The first kappa shape index (κ1) is 6.50. The van der Waals surface area contributed by atoms with Crippen molar-refractivity contribution in [3.8, 4) is 0 Å². The molecule has 0 aliphatic rings. The van der Waals surface area contributed by atoms with Gasteiger partial charge in [0.05, 0.1) is 0 Å². The zero-order chi connectivity index (χ0) is 5.54. The Morgan fingerprint density at radius 1 is 1.71 bits per heavy atom. The van der Waals surface area contributed by atoms with Gasteiger partial charge >= 0.3 is 0 Å². The van der Waals surface area contributed by atoms with Crippen LogP contribution in [0.1, 0.15) is 19.8 Å². The maximum atomic E-state index is 7.71. The molecule has 2 heteroatoms. The molecule has 0 bridgehead atoms. The van der Waals surface area contributed by atoms with E-state index in [1.54, 1.807) is 6.08 Å². The molecule has 0 spiro atoms. The van der Waals surface area contributed by atoms with E-state index in [4.69, 9.17) is 5.90 Å². The molecule has 40 valence electrons. The molecule has 2 radical (unpaired) electrons. The highest BCUT2D eigenvalue weighted by molar-refractivity contribution is 4.70. The first-order valence-corrected chi connectivity index (χ1v) is 2.37. The monoisotopic (exact) mass is 99.1 g/mol. The van der Waals surface area contributed by atoms with Gasteiger partial charge in [-0.15, -0.1) is 0 Å². The number of nitrogens with zero attached hydrogens (tertiary/aromatic N) is 1. The molecule has 0 amide bonds. The van der Waals surface area contributed by atoms with E-state index in [0.29, 0.717) is 0 Å². The second-order valence-electron chi connectivity index (χ2n) is 1.27. The number of allylic oxidation sites excluding steroid dienone is 1. The third-order valence-corrected chi connectivity index (χ3v) is 0.612. The molecule has 0 rings (SSSR count). The van der Waals surface area contributed by atoms with Gasteiger partial charge in [-0.2, -0.15) is 0 Å². The quantitative estimate of drug-likeness (QED) is 0.387. The summed E-state index contributed by atoms with van der Waals surface area (Å²) in [6, 6.07) is 0. The highest BCUT2D eigenvalue weighted by Gasteiger charge is 1.69. The smallest absolute Gasteiger partial charge is 0.111 e. The Kier molecular flexibility index (Phi) is 5.11. The molecule has 0 aliphatic carbocycles. The SMILES string of the molecule is CCC/C=C/O[N]. The maximum absolute atomic E-state index is 7.71. The first-order chi connectivity index (χ1) is 3.41. The summed E-state index contributed by atoms with van der Waals surface area (Å²) in [5.74, 6) is 7.71. The van der Waals surface area contributed by atoms with Gasteiger partial charge in [-0.3, -0.25) is 0 Å². The molecule has 0 unspecified atom stereocenters. The van der Waals surface area contributed by atoms with E-state index in [9.17, 15) is 0 Å². The molecule has 0 aromatic heterocycles. The van der Waals surface area contributed by atoms with Crippen LogP contribution in [0.3, 0.4) is 0 Å². The molecule has 0 atom stereocenters. The second kappa shape index (κ2) is 5.50. The van der Waals surface area contributed by atoms with Crippen LogP contribution in [0.25, 0.3) is 0 Å². The fraction of sp³-hybridized carbons (Fsp3) is 0.600. The Morgan fingerprint density at radius 3 is 2.86 bits per heavy atom. The summed E-state index contributed by atoms with van der Waals surface area (Å²) in [5, 5.41) is 0. The maximum Gasteiger partial charge on any atom is 0.111 e. The number of hydrogen-bond donors (Lipinski definition) is 0. The third-order valence-electron chi connectivity index (χ3n) is 0.612. The minimum Gasteiger partial charge on any atom is -0.376 e. The Labute approximate surface area is 43.9 Å². The van der Waals surface area contributed by atoms with Gasteiger partial charge in [0, 0.05) is 0 Å². The second-order valence-corrected chi connectivity index (χ2v) is 1.27.